The zero-order valence-electron chi connectivity index (χ0n) is 23.5. The Morgan fingerprint density at radius 2 is 1.56 bits per heavy atom. The van der Waals surface area contributed by atoms with E-state index in [1.165, 1.54) is 16.0 Å². The number of benzene rings is 2. The number of fused-ring (bicyclic) bond motifs is 1. The smallest absolute Gasteiger partial charge is 0.328 e. The predicted molar refractivity (Wildman–Crippen MR) is 161 cm³/mol. The number of aliphatic imine (C=N–C) groups is 1. The molecule has 0 aliphatic carbocycles. The van der Waals surface area contributed by atoms with Gasteiger partial charge in [-0.3, -0.25) is 14.6 Å². The number of imide groups is 1. The molecule has 2 fully saturated rings. The van der Waals surface area contributed by atoms with Crippen LogP contribution in [0.25, 0.3) is 0 Å². The fraction of sp³-hybridized carbons (Fsp3) is 0.414. The van der Waals surface area contributed by atoms with Gasteiger partial charge in [-0.1, -0.05) is 83.8 Å². The van der Waals surface area contributed by atoms with Gasteiger partial charge in [0.25, 0.3) is 5.91 Å². The molecule has 2 saturated heterocycles. The Balaban J connectivity index is 1.22. The van der Waals surface area contributed by atoms with Crippen molar-refractivity contribution in [1.29, 1.82) is 0 Å². The Kier molecular flexibility index (Phi) is 7.96. The first-order chi connectivity index (χ1) is 19.9. The summed E-state index contributed by atoms with van der Waals surface area (Å²) in [5.74, 6) is 1.32. The largest absolute Gasteiger partial charge is 0.340 e. The molecule has 2 aromatic carbocycles. The predicted octanol–water partition coefficient (Wildman–Crippen LogP) is 3.24. The molecule has 3 aliphatic rings. The molecule has 3 aromatic rings. The minimum atomic E-state index is -0.533. The first-order valence-corrected chi connectivity index (χ1v) is 15.6. The molecule has 0 N–H and O–H groups in total. The molecule has 1 aromatic heterocycles. The van der Waals surface area contributed by atoms with Crippen LogP contribution in [-0.2, 0) is 4.79 Å². The molecule has 10 nitrogen and oxygen atoms in total. The highest BCUT2D eigenvalue weighted by Crippen LogP contribution is 2.32. The Hall–Kier alpha value is -3.48. The minimum Gasteiger partial charge on any atom is -0.340 e. The van der Waals surface area contributed by atoms with Crippen molar-refractivity contribution in [2.75, 3.05) is 52.6 Å². The molecule has 2 unspecified atom stereocenters. The molecular formula is C29H34N8O2S2. The topological polar surface area (TPSA) is 88.5 Å². The van der Waals surface area contributed by atoms with Gasteiger partial charge in [0.1, 0.15) is 5.01 Å². The van der Waals surface area contributed by atoms with Crippen LogP contribution in [0, 0.1) is 6.92 Å². The number of nitrogens with zero attached hydrogens (tertiary/aromatic N) is 8. The molecule has 4 heterocycles. The summed E-state index contributed by atoms with van der Waals surface area (Å²) in [4.78, 5) is 40.9. The number of urea groups is 1. The van der Waals surface area contributed by atoms with E-state index in [0.29, 0.717) is 6.54 Å². The summed E-state index contributed by atoms with van der Waals surface area (Å²) in [6.07, 6.45) is -0.533. The van der Waals surface area contributed by atoms with E-state index in [-0.39, 0.29) is 18.0 Å². The number of rotatable bonds is 7. The van der Waals surface area contributed by atoms with Gasteiger partial charge < -0.3 is 14.7 Å². The molecule has 0 saturated carbocycles. The van der Waals surface area contributed by atoms with E-state index in [1.807, 2.05) is 6.92 Å². The van der Waals surface area contributed by atoms with Crippen molar-refractivity contribution in [2.24, 2.45) is 4.99 Å². The van der Waals surface area contributed by atoms with E-state index < -0.39 is 12.2 Å². The molecule has 6 rings (SSSR count). The maximum Gasteiger partial charge on any atom is 0.328 e. The fourth-order valence-corrected chi connectivity index (χ4v) is 7.71. The second-order valence-corrected chi connectivity index (χ2v) is 13.0. The number of piperazine rings is 1. The Labute approximate surface area is 248 Å². The fourth-order valence-electron chi connectivity index (χ4n) is 5.89. The molecule has 0 spiro atoms. The van der Waals surface area contributed by atoms with Crippen molar-refractivity contribution in [3.05, 3.63) is 76.8 Å². The number of hydrogen-bond donors (Lipinski definition) is 0. The van der Waals surface area contributed by atoms with Crippen LogP contribution in [0.2, 0.25) is 0 Å². The number of carbonyl (C=O) groups excluding carboxylic acids is 2. The minimum absolute atomic E-state index is 0.162. The molecular weight excluding hydrogens is 557 g/mol. The normalized spacial score (nSPS) is 21.6. The maximum atomic E-state index is 13.4. The van der Waals surface area contributed by atoms with Crippen LogP contribution in [0.5, 0.6) is 0 Å². The first kappa shape index (κ1) is 27.7. The van der Waals surface area contributed by atoms with Crippen molar-refractivity contribution in [1.82, 2.24) is 34.7 Å². The van der Waals surface area contributed by atoms with Gasteiger partial charge in [-0.15, -0.1) is 10.2 Å². The summed E-state index contributed by atoms with van der Waals surface area (Å²) in [5, 5.41) is 9.28. The molecule has 3 aliphatic heterocycles. The second kappa shape index (κ2) is 11.8. The lowest BCUT2D eigenvalue weighted by Gasteiger charge is -2.43. The second-order valence-electron chi connectivity index (χ2n) is 10.5. The lowest BCUT2D eigenvalue weighted by Crippen LogP contribution is -2.65. The van der Waals surface area contributed by atoms with Crippen LogP contribution in [-0.4, -0.2) is 117 Å². The number of aryl methyl sites for hydroxylation is 1. The van der Waals surface area contributed by atoms with Crippen LogP contribution in [0.1, 0.15) is 22.2 Å². The number of carbonyl (C=O) groups is 2. The Morgan fingerprint density at radius 3 is 2.15 bits per heavy atom. The third-order valence-corrected chi connectivity index (χ3v) is 9.90. The van der Waals surface area contributed by atoms with Crippen molar-refractivity contribution < 1.29 is 9.59 Å². The number of amides is 3. The number of guanidine groups is 1. The van der Waals surface area contributed by atoms with E-state index in [2.05, 4.69) is 85.6 Å². The Bertz CT molecular complexity index is 1370. The van der Waals surface area contributed by atoms with Crippen molar-refractivity contribution >= 4 is 41.0 Å². The molecule has 0 radical (unpaired) electrons. The number of aromatic nitrogens is 2. The summed E-state index contributed by atoms with van der Waals surface area (Å²) in [6, 6.07) is 20.6. The van der Waals surface area contributed by atoms with Crippen molar-refractivity contribution in [3.8, 4) is 0 Å². The lowest BCUT2D eigenvalue weighted by molar-refractivity contribution is -0.136. The average molecular weight is 591 g/mol. The van der Waals surface area contributed by atoms with Gasteiger partial charge in [0, 0.05) is 52.6 Å². The molecule has 12 heteroatoms. The Morgan fingerprint density at radius 1 is 0.927 bits per heavy atom. The van der Waals surface area contributed by atoms with Crippen LogP contribution in [0.15, 0.2) is 70.0 Å². The number of thioether (sulfide) groups is 1. The number of likely N-dealkylation sites (N-methyl/N-ethyl adjacent to an activating group) is 2. The van der Waals surface area contributed by atoms with E-state index in [4.69, 9.17) is 4.99 Å². The number of hydrogen-bond acceptors (Lipinski definition) is 10. The van der Waals surface area contributed by atoms with Gasteiger partial charge in [0.05, 0.1) is 6.04 Å². The standard InChI is InChI=1S/C29H34N8O2S2/c1-20-31-32-28(41-20)40-19-18-37-24-25(33(2)29(39)34(3)26(24)38)30-27(37)36-16-14-35(15-17-36)23(21-10-6-4-7-11-21)22-12-8-5-9-13-22/h4-13,23-25H,14-19H2,1-3H3. The van der Waals surface area contributed by atoms with Gasteiger partial charge in [-0.25, -0.2) is 9.79 Å². The highest BCUT2D eigenvalue weighted by molar-refractivity contribution is 8.01. The van der Waals surface area contributed by atoms with Crippen LogP contribution >= 0.6 is 23.1 Å². The quantitative estimate of drug-likeness (QED) is 0.388. The molecule has 214 valence electrons. The van der Waals surface area contributed by atoms with Gasteiger partial charge in [0.2, 0.25) is 0 Å². The van der Waals surface area contributed by atoms with Crippen LogP contribution in [0.4, 0.5) is 4.79 Å². The summed E-state index contributed by atoms with van der Waals surface area (Å²) in [5.41, 5.74) is 2.55. The van der Waals surface area contributed by atoms with Crippen molar-refractivity contribution in [2.45, 2.75) is 29.5 Å². The van der Waals surface area contributed by atoms with Gasteiger partial charge in [-0.2, -0.15) is 0 Å². The molecule has 3 amide bonds. The zero-order valence-corrected chi connectivity index (χ0v) is 25.1. The summed E-state index contributed by atoms with van der Waals surface area (Å²) < 4.78 is 0.914. The first-order valence-electron chi connectivity index (χ1n) is 13.8. The van der Waals surface area contributed by atoms with E-state index in [0.717, 1.165) is 47.2 Å². The maximum absolute atomic E-state index is 13.4. The van der Waals surface area contributed by atoms with Gasteiger partial charge in [0.15, 0.2) is 22.5 Å². The van der Waals surface area contributed by atoms with Gasteiger partial charge >= 0.3 is 6.03 Å². The highest BCUT2D eigenvalue weighted by atomic mass is 32.2. The SMILES string of the molecule is Cc1nnc(SCCN2C(N3CCN(C(c4ccccc4)c4ccccc4)CC3)=NC3C2C(=O)N(C)C(=O)N3C)s1. The van der Waals surface area contributed by atoms with E-state index >= 15 is 0 Å². The molecule has 41 heavy (non-hydrogen) atoms. The monoisotopic (exact) mass is 590 g/mol. The lowest BCUT2D eigenvalue weighted by atomic mass is 9.96. The van der Waals surface area contributed by atoms with Crippen LogP contribution in [0.3, 0.4) is 0 Å². The van der Waals surface area contributed by atoms with Crippen molar-refractivity contribution in [3.63, 3.8) is 0 Å². The van der Waals surface area contributed by atoms with E-state index in [1.54, 1.807) is 42.1 Å². The summed E-state index contributed by atoms with van der Waals surface area (Å²) in [7, 11) is 3.28. The van der Waals surface area contributed by atoms with Gasteiger partial charge in [-0.05, 0) is 18.1 Å². The average Bonchev–Trinajstić information content (AvgIpc) is 3.60. The third kappa shape index (κ3) is 5.43. The molecule has 0 bridgehead atoms. The van der Waals surface area contributed by atoms with Crippen LogP contribution < -0.4 is 0 Å². The summed E-state index contributed by atoms with van der Waals surface area (Å²) >= 11 is 3.21. The van der Waals surface area contributed by atoms with E-state index in [9.17, 15) is 9.59 Å². The zero-order chi connectivity index (χ0) is 28.5. The highest BCUT2D eigenvalue weighted by Gasteiger charge is 2.52. The summed E-state index contributed by atoms with van der Waals surface area (Å²) in [6.45, 7) is 5.80. The molecule has 2 atom stereocenters. The third-order valence-electron chi connectivity index (χ3n) is 7.95.